The van der Waals surface area contributed by atoms with Gasteiger partial charge in [0.1, 0.15) is 0 Å². The Bertz CT molecular complexity index is 696. The van der Waals surface area contributed by atoms with Gasteiger partial charge in [-0.15, -0.1) is 0 Å². The first-order chi connectivity index (χ1) is 9.24. The van der Waals surface area contributed by atoms with E-state index in [1.807, 2.05) is 6.92 Å². The molecule has 0 bridgehead atoms. The van der Waals surface area contributed by atoms with Crippen LogP contribution in [-0.4, -0.2) is 0 Å². The van der Waals surface area contributed by atoms with Crippen LogP contribution in [0.5, 0.6) is 0 Å². The van der Waals surface area contributed by atoms with Gasteiger partial charge >= 0.3 is 0 Å². The zero-order valence-corrected chi connectivity index (χ0v) is 11.0. The van der Waals surface area contributed by atoms with E-state index in [1.54, 1.807) is 0 Å². The molecule has 2 N–H and O–H groups in total. The molecular weight excluding hydrogens is 230 g/mol. The molecule has 0 aliphatic heterocycles. The highest BCUT2D eigenvalue weighted by Crippen LogP contribution is 2.25. The Balaban J connectivity index is 2.03. The molecule has 0 spiro atoms. The average Bonchev–Trinajstić information content (AvgIpc) is 2.47. The molecule has 3 aromatic carbocycles. The van der Waals surface area contributed by atoms with E-state index in [-0.39, 0.29) is 6.04 Å². The number of nitrogens with two attached hydrogens (primary N) is 1. The molecule has 0 radical (unpaired) electrons. The Kier molecular flexibility index (Phi) is 3.06. The van der Waals surface area contributed by atoms with Crippen LogP contribution in [0.4, 0.5) is 0 Å². The maximum absolute atomic E-state index is 5.88. The van der Waals surface area contributed by atoms with Crippen LogP contribution in [0.2, 0.25) is 0 Å². The summed E-state index contributed by atoms with van der Waals surface area (Å²) in [6.45, 7) is 2.00. The van der Waals surface area contributed by atoms with Crippen molar-refractivity contribution in [2.24, 2.45) is 5.73 Å². The van der Waals surface area contributed by atoms with Crippen LogP contribution in [0.15, 0.2) is 66.7 Å². The smallest absolute Gasteiger partial charge is 0.0266 e. The summed E-state index contributed by atoms with van der Waals surface area (Å²) in [6, 6.07) is 23.6. The SMILES string of the molecule is CC(N)c1ccc(-c2ccc3ccccc3c2)cc1. The largest absolute Gasteiger partial charge is 0.324 e. The van der Waals surface area contributed by atoms with Gasteiger partial charge in [0.15, 0.2) is 0 Å². The number of hydrogen-bond acceptors (Lipinski definition) is 1. The lowest BCUT2D eigenvalue weighted by Gasteiger charge is -2.08. The van der Waals surface area contributed by atoms with Gasteiger partial charge in [0.25, 0.3) is 0 Å². The van der Waals surface area contributed by atoms with Crippen molar-refractivity contribution >= 4 is 10.8 Å². The molecular formula is C18H17N. The molecule has 0 aliphatic rings. The molecule has 3 rings (SSSR count). The van der Waals surface area contributed by atoms with Crippen molar-refractivity contribution in [2.45, 2.75) is 13.0 Å². The van der Waals surface area contributed by atoms with Gasteiger partial charge < -0.3 is 5.73 Å². The highest BCUT2D eigenvalue weighted by atomic mass is 14.6. The van der Waals surface area contributed by atoms with Crippen molar-refractivity contribution in [2.75, 3.05) is 0 Å². The Labute approximate surface area is 113 Å². The van der Waals surface area contributed by atoms with Crippen LogP contribution >= 0.6 is 0 Å². The normalized spacial score (nSPS) is 12.5. The monoisotopic (exact) mass is 247 g/mol. The fraction of sp³-hybridized carbons (Fsp3) is 0.111. The Morgan fingerprint density at radius 1 is 0.737 bits per heavy atom. The van der Waals surface area contributed by atoms with Crippen LogP contribution in [0.1, 0.15) is 18.5 Å². The summed E-state index contributed by atoms with van der Waals surface area (Å²) in [5, 5.41) is 2.55. The summed E-state index contributed by atoms with van der Waals surface area (Å²) in [5.74, 6) is 0. The van der Waals surface area contributed by atoms with Gasteiger partial charge in [-0.2, -0.15) is 0 Å². The number of fused-ring (bicyclic) bond motifs is 1. The molecule has 1 nitrogen and oxygen atoms in total. The van der Waals surface area contributed by atoms with Crippen molar-refractivity contribution in [1.82, 2.24) is 0 Å². The molecule has 19 heavy (non-hydrogen) atoms. The standard InChI is InChI=1S/C18H17N/c1-13(19)14-6-8-16(9-7-14)18-11-10-15-4-2-3-5-17(15)12-18/h2-13H,19H2,1H3. The van der Waals surface area contributed by atoms with Gasteiger partial charge in [0.05, 0.1) is 0 Å². The summed E-state index contributed by atoms with van der Waals surface area (Å²) in [7, 11) is 0. The topological polar surface area (TPSA) is 26.0 Å². The third kappa shape index (κ3) is 2.38. The number of hydrogen-bond donors (Lipinski definition) is 1. The van der Waals surface area contributed by atoms with Crippen LogP contribution in [0.25, 0.3) is 21.9 Å². The second-order valence-corrected chi connectivity index (χ2v) is 4.97. The lowest BCUT2D eigenvalue weighted by atomic mass is 9.99. The lowest BCUT2D eigenvalue weighted by Crippen LogP contribution is -2.04. The number of benzene rings is 3. The first kappa shape index (κ1) is 11.9. The van der Waals surface area contributed by atoms with Gasteiger partial charge in [-0.25, -0.2) is 0 Å². The van der Waals surface area contributed by atoms with Gasteiger partial charge in [0, 0.05) is 6.04 Å². The summed E-state index contributed by atoms with van der Waals surface area (Å²) in [5.41, 5.74) is 9.52. The molecule has 1 atom stereocenters. The molecule has 1 heteroatoms. The molecule has 0 saturated heterocycles. The van der Waals surface area contributed by atoms with Crippen molar-refractivity contribution in [3.8, 4) is 11.1 Å². The Hall–Kier alpha value is -2.12. The van der Waals surface area contributed by atoms with Crippen molar-refractivity contribution in [1.29, 1.82) is 0 Å². The quantitative estimate of drug-likeness (QED) is 0.707. The average molecular weight is 247 g/mol. The minimum Gasteiger partial charge on any atom is -0.324 e. The zero-order chi connectivity index (χ0) is 13.2. The minimum atomic E-state index is 0.0886. The molecule has 0 amide bonds. The first-order valence-electron chi connectivity index (χ1n) is 6.59. The van der Waals surface area contributed by atoms with E-state index in [4.69, 9.17) is 5.73 Å². The molecule has 3 aromatic rings. The molecule has 0 aromatic heterocycles. The molecule has 94 valence electrons. The summed E-state index contributed by atoms with van der Waals surface area (Å²) in [6.07, 6.45) is 0. The predicted molar refractivity (Wildman–Crippen MR) is 82.0 cm³/mol. The van der Waals surface area contributed by atoms with Crippen LogP contribution in [-0.2, 0) is 0 Å². The van der Waals surface area contributed by atoms with E-state index in [0.29, 0.717) is 0 Å². The second-order valence-electron chi connectivity index (χ2n) is 4.97. The van der Waals surface area contributed by atoms with E-state index in [0.717, 1.165) is 0 Å². The van der Waals surface area contributed by atoms with Crippen LogP contribution in [0.3, 0.4) is 0 Å². The highest BCUT2D eigenvalue weighted by molar-refractivity contribution is 5.87. The summed E-state index contributed by atoms with van der Waals surface area (Å²) in [4.78, 5) is 0. The maximum atomic E-state index is 5.88. The summed E-state index contributed by atoms with van der Waals surface area (Å²) >= 11 is 0. The first-order valence-corrected chi connectivity index (χ1v) is 6.59. The van der Waals surface area contributed by atoms with Crippen molar-refractivity contribution in [3.05, 3.63) is 72.3 Å². The van der Waals surface area contributed by atoms with E-state index in [1.165, 1.54) is 27.5 Å². The van der Waals surface area contributed by atoms with E-state index < -0.39 is 0 Å². The van der Waals surface area contributed by atoms with E-state index in [2.05, 4.69) is 66.7 Å². The molecule has 0 fully saturated rings. The zero-order valence-electron chi connectivity index (χ0n) is 11.0. The molecule has 0 heterocycles. The Morgan fingerprint density at radius 3 is 2.05 bits per heavy atom. The molecule has 0 aliphatic carbocycles. The predicted octanol–water partition coefficient (Wildman–Crippen LogP) is 4.53. The van der Waals surface area contributed by atoms with Crippen LogP contribution < -0.4 is 5.73 Å². The van der Waals surface area contributed by atoms with Gasteiger partial charge in [-0.1, -0.05) is 60.7 Å². The minimum absolute atomic E-state index is 0.0886. The number of rotatable bonds is 2. The van der Waals surface area contributed by atoms with Crippen LogP contribution in [0, 0.1) is 0 Å². The van der Waals surface area contributed by atoms with Gasteiger partial charge in [-0.05, 0) is 40.5 Å². The molecule has 0 saturated carbocycles. The summed E-state index contributed by atoms with van der Waals surface area (Å²) < 4.78 is 0. The van der Waals surface area contributed by atoms with Crippen molar-refractivity contribution < 1.29 is 0 Å². The maximum Gasteiger partial charge on any atom is 0.0266 e. The fourth-order valence-corrected chi connectivity index (χ4v) is 2.35. The van der Waals surface area contributed by atoms with E-state index >= 15 is 0 Å². The van der Waals surface area contributed by atoms with Gasteiger partial charge in [0.2, 0.25) is 0 Å². The van der Waals surface area contributed by atoms with Gasteiger partial charge in [-0.3, -0.25) is 0 Å². The lowest BCUT2D eigenvalue weighted by molar-refractivity contribution is 0.818. The molecule has 1 unspecified atom stereocenters. The second kappa shape index (κ2) is 4.87. The fourth-order valence-electron chi connectivity index (χ4n) is 2.35. The Morgan fingerprint density at radius 2 is 1.37 bits per heavy atom. The van der Waals surface area contributed by atoms with E-state index in [9.17, 15) is 0 Å². The van der Waals surface area contributed by atoms with Crippen molar-refractivity contribution in [3.63, 3.8) is 0 Å². The third-order valence-corrected chi connectivity index (χ3v) is 3.52. The highest BCUT2D eigenvalue weighted by Gasteiger charge is 2.02. The third-order valence-electron chi connectivity index (χ3n) is 3.52.